The SMILES string of the molecule is CCCCc1ccc(-n2nnc(C=O)c2CCCC)cc1. The summed E-state index contributed by atoms with van der Waals surface area (Å²) < 4.78 is 1.79. The van der Waals surface area contributed by atoms with Crippen LogP contribution in [-0.2, 0) is 12.8 Å². The lowest BCUT2D eigenvalue weighted by atomic mass is 10.1. The second kappa shape index (κ2) is 7.72. The highest BCUT2D eigenvalue weighted by Crippen LogP contribution is 2.16. The number of unbranched alkanes of at least 4 members (excludes halogenated alkanes) is 2. The van der Waals surface area contributed by atoms with Crippen LogP contribution in [0.25, 0.3) is 5.69 Å². The first-order valence-electron chi connectivity index (χ1n) is 7.79. The highest BCUT2D eigenvalue weighted by molar-refractivity contribution is 5.73. The van der Waals surface area contributed by atoms with Crippen LogP contribution in [0, 0.1) is 0 Å². The molecule has 0 saturated heterocycles. The van der Waals surface area contributed by atoms with E-state index in [0.29, 0.717) is 5.69 Å². The molecule has 0 atom stereocenters. The lowest BCUT2D eigenvalue weighted by Crippen LogP contribution is -2.04. The van der Waals surface area contributed by atoms with E-state index >= 15 is 0 Å². The molecule has 0 aliphatic carbocycles. The number of rotatable bonds is 8. The Morgan fingerprint density at radius 1 is 1.05 bits per heavy atom. The minimum Gasteiger partial charge on any atom is -0.296 e. The molecule has 1 aromatic heterocycles. The maximum atomic E-state index is 11.1. The zero-order valence-corrected chi connectivity index (χ0v) is 12.9. The van der Waals surface area contributed by atoms with Gasteiger partial charge in [0.25, 0.3) is 0 Å². The van der Waals surface area contributed by atoms with Gasteiger partial charge in [0, 0.05) is 0 Å². The van der Waals surface area contributed by atoms with Crippen LogP contribution in [0.5, 0.6) is 0 Å². The molecule has 112 valence electrons. The summed E-state index contributed by atoms with van der Waals surface area (Å²) in [7, 11) is 0. The number of hydrogen-bond acceptors (Lipinski definition) is 3. The Bertz CT molecular complexity index is 572. The number of benzene rings is 1. The molecule has 0 aliphatic rings. The van der Waals surface area contributed by atoms with Crippen LogP contribution >= 0.6 is 0 Å². The maximum absolute atomic E-state index is 11.1. The van der Waals surface area contributed by atoms with Crippen LogP contribution < -0.4 is 0 Å². The van der Waals surface area contributed by atoms with E-state index in [1.807, 2.05) is 0 Å². The number of carbonyl (C=O) groups excluding carboxylic acids is 1. The average molecular weight is 285 g/mol. The van der Waals surface area contributed by atoms with Crippen LogP contribution in [-0.4, -0.2) is 21.3 Å². The summed E-state index contributed by atoms with van der Waals surface area (Å²) in [6, 6.07) is 8.39. The molecule has 0 aliphatic heterocycles. The highest BCUT2D eigenvalue weighted by atomic mass is 16.1. The molecule has 0 fully saturated rings. The fourth-order valence-electron chi connectivity index (χ4n) is 2.38. The van der Waals surface area contributed by atoms with Gasteiger partial charge in [-0.15, -0.1) is 5.10 Å². The van der Waals surface area contributed by atoms with E-state index in [4.69, 9.17) is 0 Å². The van der Waals surface area contributed by atoms with Crippen molar-refractivity contribution in [1.82, 2.24) is 15.0 Å². The fourth-order valence-corrected chi connectivity index (χ4v) is 2.38. The van der Waals surface area contributed by atoms with Gasteiger partial charge in [-0.2, -0.15) is 0 Å². The second-order valence-corrected chi connectivity index (χ2v) is 5.32. The maximum Gasteiger partial charge on any atom is 0.172 e. The van der Waals surface area contributed by atoms with Crippen LogP contribution in [0.3, 0.4) is 0 Å². The van der Waals surface area contributed by atoms with Gasteiger partial charge >= 0.3 is 0 Å². The molecule has 2 rings (SSSR count). The topological polar surface area (TPSA) is 47.8 Å². The smallest absolute Gasteiger partial charge is 0.172 e. The summed E-state index contributed by atoms with van der Waals surface area (Å²) in [5, 5.41) is 8.12. The molecule has 1 heterocycles. The first kappa shape index (κ1) is 15.4. The predicted octanol–water partition coefficient (Wildman–Crippen LogP) is 3.77. The first-order valence-corrected chi connectivity index (χ1v) is 7.79. The number of aryl methyl sites for hydroxylation is 1. The summed E-state index contributed by atoms with van der Waals surface area (Å²) in [5.74, 6) is 0. The summed E-state index contributed by atoms with van der Waals surface area (Å²) >= 11 is 0. The van der Waals surface area contributed by atoms with Crippen molar-refractivity contribution in [2.45, 2.75) is 52.4 Å². The van der Waals surface area contributed by atoms with Crippen molar-refractivity contribution in [3.8, 4) is 5.69 Å². The average Bonchev–Trinajstić information content (AvgIpc) is 2.94. The lowest BCUT2D eigenvalue weighted by molar-refractivity contribution is 0.111. The Morgan fingerprint density at radius 2 is 1.71 bits per heavy atom. The van der Waals surface area contributed by atoms with Crippen LogP contribution in [0.15, 0.2) is 24.3 Å². The zero-order chi connectivity index (χ0) is 15.1. The van der Waals surface area contributed by atoms with E-state index in [1.165, 1.54) is 18.4 Å². The van der Waals surface area contributed by atoms with Crippen molar-refractivity contribution in [1.29, 1.82) is 0 Å². The van der Waals surface area contributed by atoms with Gasteiger partial charge in [-0.25, -0.2) is 4.68 Å². The second-order valence-electron chi connectivity index (χ2n) is 5.32. The van der Waals surface area contributed by atoms with E-state index < -0.39 is 0 Å². The molecule has 4 nitrogen and oxygen atoms in total. The zero-order valence-electron chi connectivity index (χ0n) is 12.9. The number of hydrogen-bond donors (Lipinski definition) is 0. The molecule has 4 heteroatoms. The molecule has 0 spiro atoms. The normalized spacial score (nSPS) is 10.8. The van der Waals surface area contributed by atoms with Gasteiger partial charge < -0.3 is 0 Å². The van der Waals surface area contributed by atoms with Crippen molar-refractivity contribution < 1.29 is 4.79 Å². The largest absolute Gasteiger partial charge is 0.296 e. The third-order valence-corrected chi connectivity index (χ3v) is 3.67. The molecule has 0 saturated carbocycles. The predicted molar refractivity (Wildman–Crippen MR) is 84.0 cm³/mol. The number of aldehydes is 1. The Kier molecular flexibility index (Phi) is 5.67. The van der Waals surface area contributed by atoms with Gasteiger partial charge in [-0.05, 0) is 43.4 Å². The van der Waals surface area contributed by atoms with Gasteiger partial charge in [0.2, 0.25) is 0 Å². The van der Waals surface area contributed by atoms with Gasteiger partial charge in [-0.1, -0.05) is 44.0 Å². The van der Waals surface area contributed by atoms with Gasteiger partial charge in [0.15, 0.2) is 6.29 Å². The van der Waals surface area contributed by atoms with Crippen LogP contribution in [0.4, 0.5) is 0 Å². The molecular weight excluding hydrogens is 262 g/mol. The summed E-state index contributed by atoms with van der Waals surface area (Å²) in [6.07, 6.45) is 7.26. The molecule has 1 aromatic carbocycles. The van der Waals surface area contributed by atoms with E-state index in [2.05, 4.69) is 48.4 Å². The molecule has 0 amide bonds. The number of carbonyl (C=O) groups is 1. The standard InChI is InChI=1S/C17H23N3O/c1-3-5-7-14-9-11-15(12-10-14)20-17(8-6-4-2)16(13-21)18-19-20/h9-13H,3-8H2,1-2H3. The Labute approximate surface area is 126 Å². The van der Waals surface area contributed by atoms with Crippen molar-refractivity contribution >= 4 is 6.29 Å². The number of nitrogens with zero attached hydrogens (tertiary/aromatic N) is 3. The summed E-state index contributed by atoms with van der Waals surface area (Å²) in [4.78, 5) is 11.1. The summed E-state index contributed by atoms with van der Waals surface area (Å²) in [5.41, 5.74) is 3.68. The van der Waals surface area contributed by atoms with Gasteiger partial charge in [-0.3, -0.25) is 4.79 Å². The highest BCUT2D eigenvalue weighted by Gasteiger charge is 2.13. The Hall–Kier alpha value is -1.97. The summed E-state index contributed by atoms with van der Waals surface area (Å²) in [6.45, 7) is 4.34. The van der Waals surface area contributed by atoms with E-state index in [9.17, 15) is 4.79 Å². The molecule has 0 radical (unpaired) electrons. The Balaban J connectivity index is 2.24. The van der Waals surface area contributed by atoms with Crippen molar-refractivity contribution in [2.75, 3.05) is 0 Å². The molecule has 0 unspecified atom stereocenters. The minimum absolute atomic E-state index is 0.457. The quantitative estimate of drug-likeness (QED) is 0.694. The monoisotopic (exact) mass is 285 g/mol. The van der Waals surface area contributed by atoms with Crippen LogP contribution in [0.1, 0.15) is 61.3 Å². The Morgan fingerprint density at radius 3 is 2.33 bits per heavy atom. The molecule has 0 N–H and O–H groups in total. The van der Waals surface area contributed by atoms with Crippen LogP contribution in [0.2, 0.25) is 0 Å². The third-order valence-electron chi connectivity index (χ3n) is 3.67. The minimum atomic E-state index is 0.457. The van der Waals surface area contributed by atoms with Crippen molar-refractivity contribution in [2.24, 2.45) is 0 Å². The third kappa shape index (κ3) is 3.78. The fraction of sp³-hybridized carbons (Fsp3) is 0.471. The molecule has 0 bridgehead atoms. The lowest BCUT2D eigenvalue weighted by Gasteiger charge is -2.07. The molecular formula is C17H23N3O. The van der Waals surface area contributed by atoms with E-state index in [0.717, 1.165) is 43.4 Å². The van der Waals surface area contributed by atoms with E-state index in [-0.39, 0.29) is 0 Å². The van der Waals surface area contributed by atoms with Gasteiger partial charge in [0.05, 0.1) is 11.4 Å². The van der Waals surface area contributed by atoms with E-state index in [1.54, 1.807) is 4.68 Å². The molecule has 21 heavy (non-hydrogen) atoms. The first-order chi connectivity index (χ1) is 10.3. The van der Waals surface area contributed by atoms with Gasteiger partial charge in [0.1, 0.15) is 5.69 Å². The number of aromatic nitrogens is 3. The van der Waals surface area contributed by atoms with Crippen molar-refractivity contribution in [3.63, 3.8) is 0 Å². The van der Waals surface area contributed by atoms with Crippen molar-refractivity contribution in [3.05, 3.63) is 41.2 Å². The molecule has 2 aromatic rings.